The number of carbonyl (C=O) groups excluding carboxylic acids is 1. The second-order valence-corrected chi connectivity index (χ2v) is 8.33. The van der Waals surface area contributed by atoms with Crippen LogP contribution in [-0.2, 0) is 11.3 Å². The zero-order chi connectivity index (χ0) is 18.6. The summed E-state index contributed by atoms with van der Waals surface area (Å²) in [7, 11) is 0. The maximum absolute atomic E-state index is 12.5. The first-order valence-corrected chi connectivity index (χ1v) is 10.3. The fraction of sp³-hybridized carbons (Fsp3) is 0.458. The smallest absolute Gasteiger partial charge is 0.224 e. The topological polar surface area (TPSA) is 32.3 Å². The van der Waals surface area contributed by atoms with Crippen LogP contribution in [0.5, 0.6) is 0 Å². The average molecular weight is 363 g/mol. The van der Waals surface area contributed by atoms with E-state index in [0.717, 1.165) is 44.9 Å². The summed E-state index contributed by atoms with van der Waals surface area (Å²) in [6.45, 7) is 5.90. The first-order chi connectivity index (χ1) is 13.2. The van der Waals surface area contributed by atoms with Crippen molar-refractivity contribution in [2.24, 2.45) is 11.8 Å². The Balaban J connectivity index is 1.38. The monoisotopic (exact) mass is 362 g/mol. The Morgan fingerprint density at radius 3 is 2.63 bits per heavy atom. The van der Waals surface area contributed by atoms with Gasteiger partial charge >= 0.3 is 0 Å². The van der Waals surface area contributed by atoms with Crippen molar-refractivity contribution < 1.29 is 4.79 Å². The van der Waals surface area contributed by atoms with E-state index in [1.54, 1.807) is 0 Å². The number of benzene rings is 2. The van der Waals surface area contributed by atoms with Crippen LogP contribution in [0.2, 0.25) is 0 Å². The molecule has 1 aliphatic heterocycles. The van der Waals surface area contributed by atoms with Gasteiger partial charge in [-0.3, -0.25) is 9.69 Å². The van der Waals surface area contributed by atoms with E-state index >= 15 is 0 Å². The Hall–Kier alpha value is -2.13. The Morgan fingerprint density at radius 2 is 1.85 bits per heavy atom. The molecule has 2 aliphatic rings. The number of nitrogens with zero attached hydrogens (tertiary/aromatic N) is 1. The van der Waals surface area contributed by atoms with E-state index in [0.29, 0.717) is 0 Å². The zero-order valence-corrected chi connectivity index (χ0v) is 16.3. The molecule has 0 radical (unpaired) electrons. The first-order valence-electron chi connectivity index (χ1n) is 10.3. The third kappa shape index (κ3) is 4.98. The summed E-state index contributed by atoms with van der Waals surface area (Å²) in [5.41, 5.74) is 5.15. The number of piperidine rings is 1. The number of amides is 1. The lowest BCUT2D eigenvalue weighted by Gasteiger charge is -2.32. The van der Waals surface area contributed by atoms with Crippen LogP contribution in [0.15, 0.2) is 48.5 Å². The number of hydrogen-bond donors (Lipinski definition) is 1. The van der Waals surface area contributed by atoms with Crippen LogP contribution in [0.4, 0.5) is 0 Å². The lowest BCUT2D eigenvalue weighted by molar-refractivity contribution is -0.126. The van der Waals surface area contributed by atoms with Gasteiger partial charge in [0.25, 0.3) is 0 Å². The van der Waals surface area contributed by atoms with Gasteiger partial charge in [0.2, 0.25) is 5.91 Å². The lowest BCUT2D eigenvalue weighted by Crippen LogP contribution is -2.43. The third-order valence-corrected chi connectivity index (χ3v) is 5.82. The number of rotatable bonds is 6. The molecule has 1 saturated carbocycles. The number of nitrogens with one attached hydrogen (secondary N) is 1. The maximum atomic E-state index is 12.5. The van der Waals surface area contributed by atoms with Gasteiger partial charge in [0, 0.05) is 19.6 Å². The molecule has 27 heavy (non-hydrogen) atoms. The second kappa shape index (κ2) is 8.26. The Morgan fingerprint density at radius 1 is 1.07 bits per heavy atom. The molecular formula is C24H30N2O. The van der Waals surface area contributed by atoms with Gasteiger partial charge in [-0.1, -0.05) is 48.0 Å². The summed E-state index contributed by atoms with van der Waals surface area (Å²) >= 11 is 0. The molecule has 2 aromatic carbocycles. The van der Waals surface area contributed by atoms with Crippen LogP contribution in [-0.4, -0.2) is 30.4 Å². The normalized spacial score (nSPS) is 20.4. The number of aryl methyl sites for hydroxylation is 1. The first kappa shape index (κ1) is 18.2. The fourth-order valence-electron chi connectivity index (χ4n) is 4.06. The van der Waals surface area contributed by atoms with Crippen molar-refractivity contribution in [3.63, 3.8) is 0 Å². The van der Waals surface area contributed by atoms with Gasteiger partial charge in [-0.05, 0) is 67.8 Å². The van der Waals surface area contributed by atoms with Crippen molar-refractivity contribution in [2.75, 3.05) is 19.6 Å². The molecule has 1 aliphatic carbocycles. The van der Waals surface area contributed by atoms with Gasteiger partial charge in [0.05, 0.1) is 5.92 Å². The Kier molecular flexibility index (Phi) is 5.58. The average Bonchev–Trinajstić information content (AvgIpc) is 3.51. The molecule has 1 N–H and O–H groups in total. The molecule has 1 saturated heterocycles. The molecule has 0 aromatic heterocycles. The molecule has 142 valence electrons. The Bertz CT molecular complexity index is 796. The highest BCUT2D eigenvalue weighted by molar-refractivity contribution is 5.79. The van der Waals surface area contributed by atoms with Crippen LogP contribution in [0.3, 0.4) is 0 Å². The SMILES string of the molecule is Cc1cccc(-c2cccc(CN3CCCC(C(=O)NCC4CC4)C3)c2)c1. The van der Waals surface area contributed by atoms with Crippen molar-refractivity contribution in [3.8, 4) is 11.1 Å². The maximum Gasteiger partial charge on any atom is 0.224 e. The molecule has 1 atom stereocenters. The molecule has 1 unspecified atom stereocenters. The highest BCUT2D eigenvalue weighted by Crippen LogP contribution is 2.28. The van der Waals surface area contributed by atoms with E-state index in [1.807, 2.05) is 0 Å². The van der Waals surface area contributed by atoms with E-state index in [4.69, 9.17) is 0 Å². The summed E-state index contributed by atoms with van der Waals surface area (Å²) in [4.78, 5) is 14.9. The molecule has 0 spiro atoms. The van der Waals surface area contributed by atoms with E-state index in [-0.39, 0.29) is 11.8 Å². The summed E-state index contributed by atoms with van der Waals surface area (Å²) in [5.74, 6) is 1.16. The van der Waals surface area contributed by atoms with Crippen LogP contribution >= 0.6 is 0 Å². The van der Waals surface area contributed by atoms with Gasteiger partial charge in [-0.15, -0.1) is 0 Å². The quantitative estimate of drug-likeness (QED) is 0.826. The molecule has 3 nitrogen and oxygen atoms in total. The van der Waals surface area contributed by atoms with Gasteiger partial charge in [-0.25, -0.2) is 0 Å². The van der Waals surface area contributed by atoms with Crippen LogP contribution in [0, 0.1) is 18.8 Å². The molecule has 1 heterocycles. The molecule has 2 aromatic rings. The summed E-state index contributed by atoms with van der Waals surface area (Å²) in [6.07, 6.45) is 4.71. The molecule has 2 fully saturated rings. The molecule has 0 bridgehead atoms. The van der Waals surface area contributed by atoms with Crippen LogP contribution < -0.4 is 5.32 Å². The van der Waals surface area contributed by atoms with E-state index < -0.39 is 0 Å². The van der Waals surface area contributed by atoms with Crippen molar-refractivity contribution >= 4 is 5.91 Å². The molecule has 1 amide bonds. The van der Waals surface area contributed by atoms with Crippen molar-refractivity contribution in [1.82, 2.24) is 10.2 Å². The standard InChI is InChI=1S/C24H30N2O/c1-18-5-2-7-21(13-18)22-8-3-6-20(14-22)16-26-12-4-9-23(17-26)24(27)25-15-19-10-11-19/h2-3,5-8,13-14,19,23H,4,9-12,15-17H2,1H3,(H,25,27). The summed E-state index contributed by atoms with van der Waals surface area (Å²) in [6, 6.07) is 17.5. The Labute approximate surface area is 162 Å². The number of likely N-dealkylation sites (tertiary alicyclic amines) is 1. The highest BCUT2D eigenvalue weighted by atomic mass is 16.1. The molecular weight excluding hydrogens is 332 g/mol. The largest absolute Gasteiger partial charge is 0.356 e. The van der Waals surface area contributed by atoms with Crippen molar-refractivity contribution in [3.05, 3.63) is 59.7 Å². The predicted molar refractivity (Wildman–Crippen MR) is 110 cm³/mol. The van der Waals surface area contributed by atoms with Crippen LogP contribution in [0.1, 0.15) is 36.8 Å². The minimum atomic E-state index is 0.150. The molecule has 3 heteroatoms. The van der Waals surface area contributed by atoms with Gasteiger partial charge in [0.1, 0.15) is 0 Å². The highest BCUT2D eigenvalue weighted by Gasteiger charge is 2.28. The second-order valence-electron chi connectivity index (χ2n) is 8.33. The van der Waals surface area contributed by atoms with E-state index in [1.165, 1.54) is 35.1 Å². The van der Waals surface area contributed by atoms with Gasteiger partial charge in [-0.2, -0.15) is 0 Å². The van der Waals surface area contributed by atoms with Gasteiger partial charge < -0.3 is 5.32 Å². The van der Waals surface area contributed by atoms with Gasteiger partial charge in [0.15, 0.2) is 0 Å². The lowest BCUT2D eigenvalue weighted by atomic mass is 9.96. The van der Waals surface area contributed by atoms with E-state index in [2.05, 4.69) is 65.7 Å². The summed E-state index contributed by atoms with van der Waals surface area (Å²) < 4.78 is 0. The minimum Gasteiger partial charge on any atom is -0.356 e. The zero-order valence-electron chi connectivity index (χ0n) is 16.3. The third-order valence-electron chi connectivity index (χ3n) is 5.82. The van der Waals surface area contributed by atoms with Crippen molar-refractivity contribution in [1.29, 1.82) is 0 Å². The predicted octanol–water partition coefficient (Wildman–Crippen LogP) is 4.40. The minimum absolute atomic E-state index is 0.150. The van der Waals surface area contributed by atoms with E-state index in [9.17, 15) is 4.79 Å². The summed E-state index contributed by atoms with van der Waals surface area (Å²) in [5, 5.41) is 3.17. The fourth-order valence-corrected chi connectivity index (χ4v) is 4.06. The van der Waals surface area contributed by atoms with Crippen LogP contribution in [0.25, 0.3) is 11.1 Å². The molecule has 4 rings (SSSR count). The number of carbonyl (C=O) groups is 1. The van der Waals surface area contributed by atoms with Crippen molar-refractivity contribution in [2.45, 2.75) is 39.2 Å². The number of hydrogen-bond acceptors (Lipinski definition) is 2.